The first kappa shape index (κ1) is 13.0. The van der Waals surface area contributed by atoms with Gasteiger partial charge in [-0.05, 0) is 0 Å². The number of hydrogen-bond donors (Lipinski definition) is 0. The zero-order valence-electron chi connectivity index (χ0n) is 11.8. The molecule has 2 heteroatoms. The van der Waals surface area contributed by atoms with Gasteiger partial charge in [0.1, 0.15) is 0 Å². The first-order valence-electron chi connectivity index (χ1n) is 7.28. The summed E-state index contributed by atoms with van der Waals surface area (Å²) in [5, 5.41) is 0. The maximum atomic E-state index is 4.55. The number of benzene rings is 2. The van der Waals surface area contributed by atoms with Crippen LogP contribution in [0, 0.1) is 0 Å². The van der Waals surface area contributed by atoms with Crippen molar-refractivity contribution in [2.24, 2.45) is 0 Å². The van der Waals surface area contributed by atoms with Crippen molar-refractivity contribution < 1.29 is 21.0 Å². The van der Waals surface area contributed by atoms with E-state index in [4.69, 9.17) is 0 Å². The Bertz CT molecular complexity index is 837. The van der Waals surface area contributed by atoms with Gasteiger partial charge < -0.3 is 0 Å². The molecule has 0 aliphatic heterocycles. The molecule has 0 radical (unpaired) electrons. The average molecular weight is 302 g/mol. The molecule has 0 N–H and O–H groups in total. The minimum atomic E-state index is -1.99. The molecule has 0 saturated heterocycles. The Morgan fingerprint density at radius 1 is 0.857 bits per heavy atom. The normalized spacial score (nSPS) is 11.8. The fourth-order valence-electron chi connectivity index (χ4n) is 3.25. The topological polar surface area (TPSA) is 12.9 Å². The monoisotopic (exact) mass is 302 g/mol. The van der Waals surface area contributed by atoms with Crippen LogP contribution in [0.2, 0.25) is 0 Å². The van der Waals surface area contributed by atoms with Crippen LogP contribution in [-0.4, -0.2) is 9.25 Å². The van der Waals surface area contributed by atoms with E-state index in [0.29, 0.717) is 0 Å². The predicted octanol–water partition coefficient (Wildman–Crippen LogP) is 2.65. The molecule has 99 valence electrons. The summed E-state index contributed by atoms with van der Waals surface area (Å²) >= 11 is -1.99. The van der Waals surface area contributed by atoms with Crippen LogP contribution < -0.4 is 6.77 Å². The third-order valence-electron chi connectivity index (χ3n) is 4.31. The molecule has 1 heterocycles. The zero-order valence-corrected chi connectivity index (χ0v) is 13.6. The van der Waals surface area contributed by atoms with Crippen LogP contribution in [-0.2, 0) is 27.4 Å². The van der Waals surface area contributed by atoms with E-state index in [1.54, 1.807) is 0 Å². The Balaban J connectivity index is 1.86. The molecule has 0 unspecified atom stereocenters. The summed E-state index contributed by atoms with van der Waals surface area (Å²) < 4.78 is 7.24. The Morgan fingerprint density at radius 3 is 2.52 bits per heavy atom. The predicted molar refractivity (Wildman–Crippen MR) is 85.3 cm³/mol. The molecule has 4 rings (SSSR count). The summed E-state index contributed by atoms with van der Waals surface area (Å²) in [7, 11) is 0. The number of rotatable bonds is 2. The van der Waals surface area contributed by atoms with Crippen molar-refractivity contribution in [3.05, 3.63) is 78.0 Å². The summed E-state index contributed by atoms with van der Waals surface area (Å²) in [6, 6.07) is 21.6. The van der Waals surface area contributed by atoms with Crippen LogP contribution in [0.4, 0.5) is 0 Å². The van der Waals surface area contributed by atoms with Gasteiger partial charge in [0.05, 0.1) is 0 Å². The van der Waals surface area contributed by atoms with Crippen molar-refractivity contribution in [1.29, 1.82) is 0 Å². The molecule has 1 aromatic heterocycles. The van der Waals surface area contributed by atoms with E-state index < -0.39 is 21.0 Å². The van der Waals surface area contributed by atoms with Crippen molar-refractivity contribution >= 4 is 11.0 Å². The van der Waals surface area contributed by atoms with Crippen LogP contribution in [0.15, 0.2) is 66.9 Å². The van der Waals surface area contributed by atoms with Gasteiger partial charge in [0, 0.05) is 0 Å². The zero-order chi connectivity index (χ0) is 14.2. The number of aromatic nitrogens is 1. The van der Waals surface area contributed by atoms with E-state index in [1.165, 1.54) is 29.0 Å². The van der Waals surface area contributed by atoms with E-state index in [-0.39, 0.29) is 0 Å². The SMILES string of the molecule is [CH2]=[Sc]([c]1ccccn1)[c]1cccc2c1Cc1ccccc1-2. The minimum absolute atomic E-state index is 1.05. The summed E-state index contributed by atoms with van der Waals surface area (Å²) in [5.74, 6) is 0. The second-order valence-electron chi connectivity index (χ2n) is 5.51. The van der Waals surface area contributed by atoms with Crippen molar-refractivity contribution in [3.63, 3.8) is 0 Å². The van der Waals surface area contributed by atoms with Crippen molar-refractivity contribution in [1.82, 2.24) is 4.98 Å². The Hall–Kier alpha value is -1.67. The van der Waals surface area contributed by atoms with Gasteiger partial charge in [-0.3, -0.25) is 0 Å². The quantitative estimate of drug-likeness (QED) is 0.555. The van der Waals surface area contributed by atoms with Crippen LogP contribution in [0.3, 0.4) is 0 Å². The number of hydrogen-bond acceptors (Lipinski definition) is 1. The van der Waals surface area contributed by atoms with Gasteiger partial charge in [-0.2, -0.15) is 0 Å². The third-order valence-corrected chi connectivity index (χ3v) is 7.97. The van der Waals surface area contributed by atoms with Gasteiger partial charge in [-0.25, -0.2) is 0 Å². The first-order chi connectivity index (χ1) is 10.3. The van der Waals surface area contributed by atoms with Crippen molar-refractivity contribution in [3.8, 4) is 11.1 Å². The standard InChI is InChI=1S/C13H9.C5H4N.CH2.Sc/c1-3-7-12-10(5-1)9-11-6-2-4-8-13(11)12;1-2-4-6-5-3-1;;/h1-5,7-8H,9H2;1-4H;1H2;. The second-order valence-corrected chi connectivity index (χ2v) is 9.14. The molecule has 0 bridgehead atoms. The van der Waals surface area contributed by atoms with E-state index in [9.17, 15) is 0 Å². The number of nitrogens with zero attached hydrogens (tertiary/aromatic N) is 1. The molecule has 0 saturated carbocycles. The molecular formula is C19H15NSc. The molecule has 0 spiro atoms. The summed E-state index contributed by atoms with van der Waals surface area (Å²) in [4.78, 5) is 4.55. The van der Waals surface area contributed by atoms with E-state index >= 15 is 0 Å². The van der Waals surface area contributed by atoms with Gasteiger partial charge >= 0.3 is 133 Å². The summed E-state index contributed by atoms with van der Waals surface area (Å²) in [6.45, 7) is 0. The molecular weight excluding hydrogens is 287 g/mol. The van der Waals surface area contributed by atoms with Crippen molar-refractivity contribution in [2.75, 3.05) is 0 Å². The summed E-state index contributed by atoms with van der Waals surface area (Å²) in [6.07, 6.45) is 2.93. The fraction of sp³-hybridized carbons (Fsp3) is 0.0526. The third kappa shape index (κ3) is 2.18. The van der Waals surface area contributed by atoms with Crippen LogP contribution in [0.5, 0.6) is 0 Å². The number of fused-ring (bicyclic) bond motifs is 3. The Morgan fingerprint density at radius 2 is 1.67 bits per heavy atom. The Kier molecular flexibility index (Phi) is 3.27. The Labute approximate surface area is 132 Å². The van der Waals surface area contributed by atoms with Crippen LogP contribution in [0.1, 0.15) is 11.1 Å². The van der Waals surface area contributed by atoms with Gasteiger partial charge in [-0.1, -0.05) is 0 Å². The molecule has 21 heavy (non-hydrogen) atoms. The van der Waals surface area contributed by atoms with Gasteiger partial charge in [0.2, 0.25) is 0 Å². The molecule has 2 aromatic carbocycles. The fourth-order valence-corrected chi connectivity index (χ4v) is 6.29. The van der Waals surface area contributed by atoms with Gasteiger partial charge in [0.15, 0.2) is 0 Å². The molecule has 1 aliphatic rings. The first-order valence-corrected chi connectivity index (χ1v) is 10.4. The van der Waals surface area contributed by atoms with Crippen molar-refractivity contribution in [2.45, 2.75) is 6.42 Å². The molecule has 0 atom stereocenters. The van der Waals surface area contributed by atoms with Crippen LogP contribution in [0.25, 0.3) is 11.1 Å². The molecule has 0 fully saturated rings. The number of pyridine rings is 1. The summed E-state index contributed by atoms with van der Waals surface area (Å²) in [5.41, 5.74) is 5.73. The van der Waals surface area contributed by atoms with E-state index in [0.717, 1.165) is 6.42 Å². The second kappa shape index (κ2) is 5.27. The molecule has 0 amide bonds. The molecule has 1 aliphatic carbocycles. The molecule has 1 nitrogen and oxygen atoms in total. The van der Waals surface area contributed by atoms with E-state index in [2.05, 4.69) is 63.8 Å². The average Bonchev–Trinajstić information content (AvgIpc) is 2.94. The van der Waals surface area contributed by atoms with Gasteiger partial charge in [-0.15, -0.1) is 0 Å². The van der Waals surface area contributed by atoms with Crippen LogP contribution >= 0.6 is 0 Å². The maximum absolute atomic E-state index is 4.55. The van der Waals surface area contributed by atoms with Gasteiger partial charge in [0.25, 0.3) is 0 Å². The van der Waals surface area contributed by atoms with E-state index in [1.807, 2.05) is 12.3 Å². The molecule has 3 aromatic rings.